The SMILES string of the molecule is Cc1ccnc(NC(=O)C2CCc3nc[nH]c3C2)n1. The average Bonchev–Trinajstić information content (AvgIpc) is 2.85. The maximum atomic E-state index is 12.2. The van der Waals surface area contributed by atoms with Crippen LogP contribution in [0.1, 0.15) is 23.5 Å². The van der Waals surface area contributed by atoms with E-state index in [4.69, 9.17) is 0 Å². The van der Waals surface area contributed by atoms with E-state index in [0.717, 1.165) is 29.9 Å². The van der Waals surface area contributed by atoms with E-state index in [2.05, 4.69) is 25.3 Å². The van der Waals surface area contributed by atoms with E-state index in [9.17, 15) is 4.79 Å². The lowest BCUT2D eigenvalue weighted by Gasteiger charge is -2.20. The summed E-state index contributed by atoms with van der Waals surface area (Å²) in [4.78, 5) is 27.7. The lowest BCUT2D eigenvalue weighted by Crippen LogP contribution is -2.29. The lowest BCUT2D eigenvalue weighted by atomic mass is 9.89. The van der Waals surface area contributed by atoms with Crippen molar-refractivity contribution < 1.29 is 4.79 Å². The van der Waals surface area contributed by atoms with E-state index in [1.165, 1.54) is 0 Å². The standard InChI is InChI=1S/C13H15N5O/c1-8-4-5-14-13(17-8)18-12(19)9-2-3-10-11(6-9)16-7-15-10/h4-5,7,9H,2-3,6H2,1H3,(H,15,16)(H,14,17,18,19). The fourth-order valence-electron chi connectivity index (χ4n) is 2.35. The number of anilines is 1. The van der Waals surface area contributed by atoms with Crippen molar-refractivity contribution in [2.75, 3.05) is 5.32 Å². The Morgan fingerprint density at radius 2 is 2.37 bits per heavy atom. The number of carbonyl (C=O) groups excluding carboxylic acids is 1. The van der Waals surface area contributed by atoms with E-state index in [0.29, 0.717) is 12.4 Å². The van der Waals surface area contributed by atoms with E-state index >= 15 is 0 Å². The Morgan fingerprint density at radius 3 is 3.21 bits per heavy atom. The minimum atomic E-state index is -0.0444. The maximum absolute atomic E-state index is 12.2. The van der Waals surface area contributed by atoms with Gasteiger partial charge in [0, 0.05) is 29.9 Å². The molecule has 19 heavy (non-hydrogen) atoms. The van der Waals surface area contributed by atoms with Gasteiger partial charge in [0.25, 0.3) is 0 Å². The number of aromatic nitrogens is 4. The van der Waals surface area contributed by atoms with Crippen molar-refractivity contribution in [3.63, 3.8) is 0 Å². The molecular weight excluding hydrogens is 242 g/mol. The van der Waals surface area contributed by atoms with E-state index in [1.807, 2.05) is 6.92 Å². The quantitative estimate of drug-likeness (QED) is 0.848. The first-order chi connectivity index (χ1) is 9.22. The molecular formula is C13H15N5O. The lowest BCUT2D eigenvalue weighted by molar-refractivity contribution is -0.120. The van der Waals surface area contributed by atoms with Crippen molar-refractivity contribution in [3.8, 4) is 0 Å². The second-order valence-corrected chi connectivity index (χ2v) is 4.78. The van der Waals surface area contributed by atoms with Gasteiger partial charge in [0.15, 0.2) is 0 Å². The first kappa shape index (κ1) is 11.8. The molecule has 6 nitrogen and oxygen atoms in total. The van der Waals surface area contributed by atoms with Crippen LogP contribution in [0.3, 0.4) is 0 Å². The molecule has 1 unspecified atom stereocenters. The van der Waals surface area contributed by atoms with Crippen LogP contribution in [0.25, 0.3) is 0 Å². The van der Waals surface area contributed by atoms with Gasteiger partial charge in [-0.15, -0.1) is 0 Å². The Bertz CT molecular complexity index is 607. The molecule has 0 aromatic carbocycles. The van der Waals surface area contributed by atoms with Gasteiger partial charge in [-0.05, 0) is 25.8 Å². The maximum Gasteiger partial charge on any atom is 0.230 e. The molecule has 0 bridgehead atoms. The Labute approximate surface area is 110 Å². The first-order valence-corrected chi connectivity index (χ1v) is 6.34. The molecule has 0 fully saturated rings. The summed E-state index contributed by atoms with van der Waals surface area (Å²) in [5.41, 5.74) is 2.98. The molecule has 2 heterocycles. The fraction of sp³-hybridized carbons (Fsp3) is 0.385. The van der Waals surface area contributed by atoms with E-state index in [1.54, 1.807) is 18.6 Å². The van der Waals surface area contributed by atoms with Gasteiger partial charge < -0.3 is 4.98 Å². The number of nitrogens with one attached hydrogen (secondary N) is 2. The van der Waals surface area contributed by atoms with Crippen molar-refractivity contribution in [2.24, 2.45) is 5.92 Å². The summed E-state index contributed by atoms with van der Waals surface area (Å²) in [5.74, 6) is 0.309. The summed E-state index contributed by atoms with van der Waals surface area (Å²) in [6, 6.07) is 1.80. The molecule has 0 saturated heterocycles. The molecule has 3 rings (SSSR count). The molecule has 0 aliphatic heterocycles. The molecule has 2 aromatic heterocycles. The zero-order valence-electron chi connectivity index (χ0n) is 10.7. The number of aromatic amines is 1. The number of imidazole rings is 1. The van der Waals surface area contributed by atoms with Gasteiger partial charge in [-0.25, -0.2) is 15.0 Å². The van der Waals surface area contributed by atoms with Crippen LogP contribution >= 0.6 is 0 Å². The number of H-pyrrole nitrogens is 1. The summed E-state index contributed by atoms with van der Waals surface area (Å²) in [5, 5.41) is 2.78. The van der Waals surface area contributed by atoms with Crippen LogP contribution in [0.2, 0.25) is 0 Å². The second-order valence-electron chi connectivity index (χ2n) is 4.78. The van der Waals surface area contributed by atoms with E-state index in [-0.39, 0.29) is 11.8 Å². The molecule has 1 atom stereocenters. The summed E-state index contributed by atoms with van der Waals surface area (Å²) in [6.07, 6.45) is 5.69. The summed E-state index contributed by atoms with van der Waals surface area (Å²) in [7, 11) is 0. The number of carbonyl (C=O) groups is 1. The Hall–Kier alpha value is -2.24. The number of hydrogen-bond acceptors (Lipinski definition) is 4. The third kappa shape index (κ3) is 2.47. The van der Waals surface area contributed by atoms with Crippen molar-refractivity contribution >= 4 is 11.9 Å². The molecule has 2 N–H and O–H groups in total. The van der Waals surface area contributed by atoms with Crippen LogP contribution in [0.15, 0.2) is 18.6 Å². The normalized spacial score (nSPS) is 17.8. The molecule has 1 aliphatic rings. The Balaban J connectivity index is 1.69. The molecule has 1 amide bonds. The Morgan fingerprint density at radius 1 is 1.47 bits per heavy atom. The average molecular weight is 257 g/mol. The number of hydrogen-bond donors (Lipinski definition) is 2. The number of amides is 1. The third-order valence-electron chi connectivity index (χ3n) is 3.39. The minimum absolute atomic E-state index is 0.0224. The smallest absolute Gasteiger partial charge is 0.230 e. The van der Waals surface area contributed by atoms with Crippen LogP contribution in [0.5, 0.6) is 0 Å². The molecule has 0 radical (unpaired) electrons. The number of rotatable bonds is 2. The topological polar surface area (TPSA) is 83.6 Å². The number of fused-ring (bicyclic) bond motifs is 1. The summed E-state index contributed by atoms with van der Waals surface area (Å²) < 4.78 is 0. The van der Waals surface area contributed by atoms with Gasteiger partial charge in [-0.1, -0.05) is 0 Å². The van der Waals surface area contributed by atoms with Crippen LogP contribution in [0, 0.1) is 12.8 Å². The highest BCUT2D eigenvalue weighted by Gasteiger charge is 2.26. The Kier molecular flexibility index (Phi) is 2.98. The van der Waals surface area contributed by atoms with Crippen LogP contribution in [-0.4, -0.2) is 25.8 Å². The highest BCUT2D eigenvalue weighted by molar-refractivity contribution is 5.91. The summed E-state index contributed by atoms with van der Waals surface area (Å²) >= 11 is 0. The predicted octanol–water partition coefficient (Wildman–Crippen LogP) is 1.25. The van der Waals surface area contributed by atoms with Gasteiger partial charge in [-0.2, -0.15) is 0 Å². The number of nitrogens with zero attached hydrogens (tertiary/aromatic N) is 3. The van der Waals surface area contributed by atoms with Crippen LogP contribution in [0.4, 0.5) is 5.95 Å². The second kappa shape index (κ2) is 4.79. The predicted molar refractivity (Wildman–Crippen MR) is 69.5 cm³/mol. The van der Waals surface area contributed by atoms with Crippen LogP contribution in [-0.2, 0) is 17.6 Å². The zero-order chi connectivity index (χ0) is 13.2. The van der Waals surface area contributed by atoms with Crippen molar-refractivity contribution in [1.82, 2.24) is 19.9 Å². The monoisotopic (exact) mass is 257 g/mol. The molecule has 1 aliphatic carbocycles. The van der Waals surface area contributed by atoms with Gasteiger partial charge in [0.05, 0.1) is 12.0 Å². The highest BCUT2D eigenvalue weighted by atomic mass is 16.2. The zero-order valence-corrected chi connectivity index (χ0v) is 10.7. The third-order valence-corrected chi connectivity index (χ3v) is 3.39. The van der Waals surface area contributed by atoms with Gasteiger partial charge in [-0.3, -0.25) is 10.1 Å². The molecule has 2 aromatic rings. The molecule has 6 heteroatoms. The highest BCUT2D eigenvalue weighted by Crippen LogP contribution is 2.23. The van der Waals surface area contributed by atoms with Crippen LogP contribution < -0.4 is 5.32 Å². The van der Waals surface area contributed by atoms with Gasteiger partial charge >= 0.3 is 0 Å². The van der Waals surface area contributed by atoms with Crippen molar-refractivity contribution in [3.05, 3.63) is 35.7 Å². The van der Waals surface area contributed by atoms with E-state index < -0.39 is 0 Å². The first-order valence-electron chi connectivity index (χ1n) is 6.34. The molecule has 0 saturated carbocycles. The number of aryl methyl sites for hydroxylation is 2. The molecule has 98 valence electrons. The van der Waals surface area contributed by atoms with Gasteiger partial charge in [0.1, 0.15) is 0 Å². The van der Waals surface area contributed by atoms with Gasteiger partial charge in [0.2, 0.25) is 11.9 Å². The fourth-order valence-corrected chi connectivity index (χ4v) is 2.35. The van der Waals surface area contributed by atoms with Crippen molar-refractivity contribution in [1.29, 1.82) is 0 Å². The minimum Gasteiger partial charge on any atom is -0.348 e. The van der Waals surface area contributed by atoms with Crippen molar-refractivity contribution in [2.45, 2.75) is 26.2 Å². The largest absolute Gasteiger partial charge is 0.348 e. The summed E-state index contributed by atoms with van der Waals surface area (Å²) in [6.45, 7) is 1.87. The molecule has 0 spiro atoms.